The lowest BCUT2D eigenvalue weighted by Gasteiger charge is -2.49. The molecule has 0 saturated carbocycles. The topological polar surface area (TPSA) is 162 Å². The zero-order valence-electron chi connectivity index (χ0n) is 23.4. The Morgan fingerprint density at radius 3 is 2.60 bits per heavy atom. The third-order valence-corrected chi connectivity index (χ3v) is 9.58. The molecule has 5 rings (SSSR count). The van der Waals surface area contributed by atoms with Crippen LogP contribution in [0.5, 0.6) is 0 Å². The summed E-state index contributed by atoms with van der Waals surface area (Å²) in [6.45, 7) is 5.67. The van der Waals surface area contributed by atoms with Crippen molar-refractivity contribution in [1.29, 1.82) is 0 Å². The molecular weight excluding hydrogens is 582 g/mol. The van der Waals surface area contributed by atoms with Crippen LogP contribution in [0.4, 0.5) is 0 Å². The van der Waals surface area contributed by atoms with Crippen LogP contribution in [0.3, 0.4) is 0 Å². The number of carbonyl (C=O) groups excluding carboxylic acids is 3. The van der Waals surface area contributed by atoms with Crippen LogP contribution in [-0.4, -0.2) is 88.1 Å². The van der Waals surface area contributed by atoms with Crippen molar-refractivity contribution in [3.05, 3.63) is 69.7 Å². The highest BCUT2D eigenvalue weighted by Crippen LogP contribution is 2.41. The molecule has 42 heavy (non-hydrogen) atoms. The third kappa shape index (κ3) is 5.29. The Balaban J connectivity index is 1.38. The fraction of sp³-hybridized carbons (Fsp3) is 0.370. The van der Waals surface area contributed by atoms with E-state index < -0.39 is 35.2 Å². The third-order valence-electron chi connectivity index (χ3n) is 7.14. The van der Waals surface area contributed by atoms with Gasteiger partial charge in [0.1, 0.15) is 22.8 Å². The highest BCUT2D eigenvalue weighted by atomic mass is 32.2. The van der Waals surface area contributed by atoms with E-state index in [1.807, 2.05) is 30.3 Å². The maximum absolute atomic E-state index is 13.6. The second kappa shape index (κ2) is 12.0. The number of carboxylic acid groups (broad SMARTS) is 1. The van der Waals surface area contributed by atoms with E-state index in [1.165, 1.54) is 33.1 Å². The Labute approximate surface area is 249 Å². The first-order chi connectivity index (χ1) is 20.1. The van der Waals surface area contributed by atoms with Gasteiger partial charge in [0, 0.05) is 30.8 Å². The van der Waals surface area contributed by atoms with Gasteiger partial charge in [-0.05, 0) is 47.9 Å². The number of thioether (sulfide) groups is 2. The Kier molecular flexibility index (Phi) is 8.41. The molecule has 2 N–H and O–H groups in total. The van der Waals surface area contributed by atoms with Gasteiger partial charge in [0.15, 0.2) is 0 Å². The standard InChI is InChI=1S/C27H29N7O6S2/c1-5-40-26(39)20-14(2)18(15(3)33(20)11-16-9-7-6-8-10-16)22(35)28-19-23(36)34-21(25(37)38)17(12-41-24(19)34)13-42-27-29-30-31-32(27)4/h6-10,19,24H,5,11-13H2,1-4H3,(H,28,35)(H,37,38)/t19-,24-/m1/s1. The molecule has 2 atom stereocenters. The van der Waals surface area contributed by atoms with Crippen molar-refractivity contribution in [2.45, 2.75) is 43.9 Å². The van der Waals surface area contributed by atoms with E-state index >= 15 is 0 Å². The molecule has 3 aromatic rings. The van der Waals surface area contributed by atoms with E-state index in [0.717, 1.165) is 5.56 Å². The minimum Gasteiger partial charge on any atom is -0.477 e. The number of fused-ring (bicyclic) bond motifs is 1. The number of nitrogens with zero attached hydrogens (tertiary/aromatic N) is 6. The van der Waals surface area contributed by atoms with E-state index in [4.69, 9.17) is 4.74 Å². The van der Waals surface area contributed by atoms with Gasteiger partial charge in [0.25, 0.3) is 11.8 Å². The molecule has 2 aromatic heterocycles. The quantitative estimate of drug-likeness (QED) is 0.196. The first kappa shape index (κ1) is 29.4. The first-order valence-corrected chi connectivity index (χ1v) is 15.1. The molecule has 2 aliphatic rings. The number of tetrazole rings is 1. The summed E-state index contributed by atoms with van der Waals surface area (Å²) in [4.78, 5) is 53.3. The van der Waals surface area contributed by atoms with Crippen LogP contribution in [0.25, 0.3) is 0 Å². The number of carbonyl (C=O) groups is 4. The monoisotopic (exact) mass is 611 g/mol. The van der Waals surface area contributed by atoms with Gasteiger partial charge in [-0.1, -0.05) is 42.1 Å². The van der Waals surface area contributed by atoms with Crippen LogP contribution in [0.1, 0.15) is 44.6 Å². The van der Waals surface area contributed by atoms with Crippen molar-refractivity contribution in [3.8, 4) is 0 Å². The normalized spacial score (nSPS) is 18.0. The van der Waals surface area contributed by atoms with E-state index in [1.54, 1.807) is 32.4 Å². The van der Waals surface area contributed by atoms with Crippen LogP contribution in [0.2, 0.25) is 0 Å². The van der Waals surface area contributed by atoms with Crippen molar-refractivity contribution in [2.75, 3.05) is 18.1 Å². The van der Waals surface area contributed by atoms with Crippen LogP contribution >= 0.6 is 23.5 Å². The summed E-state index contributed by atoms with van der Waals surface area (Å²) in [5, 5.41) is 24.0. The SMILES string of the molecule is CCOC(=O)c1c(C)c(C(=O)N[C@@H]2C(=O)N3C(C(=O)O)=C(CSc4nnnn4C)CS[C@H]23)c(C)n1Cc1ccccc1. The predicted molar refractivity (Wildman–Crippen MR) is 154 cm³/mol. The number of hydrogen-bond acceptors (Lipinski definition) is 10. The number of aromatic nitrogens is 5. The molecule has 0 unspecified atom stereocenters. The van der Waals surface area contributed by atoms with Gasteiger partial charge in [0.05, 0.1) is 12.2 Å². The van der Waals surface area contributed by atoms with Crippen molar-refractivity contribution >= 4 is 47.3 Å². The molecule has 1 aromatic carbocycles. The number of esters is 1. The maximum atomic E-state index is 13.6. The number of aliphatic carboxylic acids is 1. The summed E-state index contributed by atoms with van der Waals surface area (Å²) in [7, 11) is 1.68. The lowest BCUT2D eigenvalue weighted by molar-refractivity contribution is -0.148. The number of nitrogens with one attached hydrogen (secondary N) is 1. The number of β-lactam (4-membered cyclic amide) rings is 1. The minimum atomic E-state index is -1.21. The summed E-state index contributed by atoms with van der Waals surface area (Å²) >= 11 is 2.66. The predicted octanol–water partition coefficient (Wildman–Crippen LogP) is 2.00. The summed E-state index contributed by atoms with van der Waals surface area (Å²) in [6.07, 6.45) is 0. The van der Waals surface area contributed by atoms with Crippen molar-refractivity contribution < 1.29 is 29.0 Å². The fourth-order valence-corrected chi connectivity index (χ4v) is 7.49. The van der Waals surface area contributed by atoms with E-state index in [-0.39, 0.29) is 23.6 Å². The smallest absolute Gasteiger partial charge is 0.355 e. The second-order valence-electron chi connectivity index (χ2n) is 9.72. The van der Waals surface area contributed by atoms with Gasteiger partial charge in [0.2, 0.25) is 5.16 Å². The number of rotatable bonds is 10. The average Bonchev–Trinajstić information content (AvgIpc) is 3.49. The number of aryl methyl sites for hydroxylation is 1. The van der Waals surface area contributed by atoms with Gasteiger partial charge >= 0.3 is 11.9 Å². The molecule has 2 aliphatic heterocycles. The lowest BCUT2D eigenvalue weighted by Crippen LogP contribution is -2.70. The van der Waals surface area contributed by atoms with E-state index in [2.05, 4.69) is 20.8 Å². The van der Waals surface area contributed by atoms with Gasteiger partial charge < -0.3 is 19.7 Å². The minimum absolute atomic E-state index is 0.0807. The van der Waals surface area contributed by atoms with Gasteiger partial charge in [-0.3, -0.25) is 14.5 Å². The van der Waals surface area contributed by atoms with Gasteiger partial charge in [-0.25, -0.2) is 14.3 Å². The molecule has 1 saturated heterocycles. The lowest BCUT2D eigenvalue weighted by atomic mass is 10.0. The summed E-state index contributed by atoms with van der Waals surface area (Å²) in [5.74, 6) is -2.13. The molecule has 4 heterocycles. The van der Waals surface area contributed by atoms with Gasteiger partial charge in [-0.15, -0.1) is 16.9 Å². The molecule has 0 radical (unpaired) electrons. The molecular formula is C27H29N7O6S2. The number of benzene rings is 1. The fourth-order valence-electron chi connectivity index (χ4n) is 5.16. The molecule has 1 fully saturated rings. The Hall–Kier alpha value is -4.11. The molecule has 0 bridgehead atoms. The zero-order valence-corrected chi connectivity index (χ0v) is 25.0. The second-order valence-corrected chi connectivity index (χ2v) is 11.8. The largest absolute Gasteiger partial charge is 0.477 e. The average molecular weight is 612 g/mol. The number of carboxylic acids is 1. The van der Waals surface area contributed by atoms with E-state index in [0.29, 0.717) is 40.0 Å². The van der Waals surface area contributed by atoms with Crippen LogP contribution in [-0.2, 0) is 27.9 Å². The Morgan fingerprint density at radius 1 is 1.21 bits per heavy atom. The number of hydrogen-bond donors (Lipinski definition) is 2. The van der Waals surface area contributed by atoms with Crippen molar-refractivity contribution in [2.24, 2.45) is 7.05 Å². The van der Waals surface area contributed by atoms with Crippen LogP contribution in [0.15, 0.2) is 46.8 Å². The van der Waals surface area contributed by atoms with E-state index in [9.17, 15) is 24.3 Å². The zero-order chi connectivity index (χ0) is 30.1. The summed E-state index contributed by atoms with van der Waals surface area (Å²) in [5.41, 5.74) is 2.98. The molecule has 15 heteroatoms. The molecule has 2 amide bonds. The summed E-state index contributed by atoms with van der Waals surface area (Å²) in [6, 6.07) is 8.62. The number of amides is 2. The Bertz CT molecular complexity index is 1600. The molecule has 0 spiro atoms. The molecule has 13 nitrogen and oxygen atoms in total. The molecule has 0 aliphatic carbocycles. The number of ether oxygens (including phenoxy) is 1. The maximum Gasteiger partial charge on any atom is 0.355 e. The summed E-state index contributed by atoms with van der Waals surface area (Å²) < 4.78 is 8.54. The van der Waals surface area contributed by atoms with Crippen LogP contribution in [0, 0.1) is 13.8 Å². The van der Waals surface area contributed by atoms with Crippen molar-refractivity contribution in [1.82, 2.24) is 35.0 Å². The highest BCUT2D eigenvalue weighted by molar-refractivity contribution is 8.01. The van der Waals surface area contributed by atoms with Crippen LogP contribution < -0.4 is 5.32 Å². The Morgan fingerprint density at radius 2 is 1.95 bits per heavy atom. The molecule has 220 valence electrons. The highest BCUT2D eigenvalue weighted by Gasteiger charge is 2.54. The first-order valence-electron chi connectivity index (χ1n) is 13.1. The van der Waals surface area contributed by atoms with Crippen molar-refractivity contribution in [3.63, 3.8) is 0 Å². The van der Waals surface area contributed by atoms with Gasteiger partial charge in [-0.2, -0.15) is 0 Å².